The van der Waals surface area contributed by atoms with E-state index in [2.05, 4.69) is 33.8 Å². The summed E-state index contributed by atoms with van der Waals surface area (Å²) in [6.07, 6.45) is 11.4. The summed E-state index contributed by atoms with van der Waals surface area (Å²) in [4.78, 5) is 0. The third kappa shape index (κ3) is 9.06. The van der Waals surface area contributed by atoms with Crippen molar-refractivity contribution in [1.29, 1.82) is 0 Å². The van der Waals surface area contributed by atoms with Gasteiger partial charge in [-0.3, -0.25) is 0 Å². The minimum absolute atomic E-state index is 0.381. The molecule has 0 saturated carbocycles. The van der Waals surface area contributed by atoms with Gasteiger partial charge in [-0.25, -0.2) is 0 Å². The summed E-state index contributed by atoms with van der Waals surface area (Å²) in [7, 11) is 6.05. The van der Waals surface area contributed by atoms with E-state index in [9.17, 15) is 0 Å². The van der Waals surface area contributed by atoms with Crippen molar-refractivity contribution in [1.82, 2.24) is 0 Å². The van der Waals surface area contributed by atoms with Crippen LogP contribution in [0.1, 0.15) is 72.6 Å². The van der Waals surface area contributed by atoms with Gasteiger partial charge in [0.1, 0.15) is 0 Å². The van der Waals surface area contributed by atoms with E-state index in [-0.39, 0.29) is 0 Å². The van der Waals surface area contributed by atoms with E-state index < -0.39 is 0 Å². The second kappa shape index (κ2) is 9.99. The monoisotopic (exact) mass is 220 g/mol. The summed E-state index contributed by atoms with van der Waals surface area (Å²) in [5.41, 5.74) is 1.43. The van der Waals surface area contributed by atoms with Crippen molar-refractivity contribution in [3.05, 3.63) is 11.6 Å². The highest BCUT2D eigenvalue weighted by atomic mass is 14.1. The number of hydrogen-bond donors (Lipinski definition) is 0. The molecule has 0 aromatic heterocycles. The topological polar surface area (TPSA) is 0 Å². The highest BCUT2D eigenvalue weighted by Gasteiger charge is 2.09. The largest absolute Gasteiger partial charge is 0.0828 e. The Balaban J connectivity index is 3.96. The van der Waals surface area contributed by atoms with E-state index in [1.54, 1.807) is 0 Å². The molecule has 0 aliphatic rings. The highest BCUT2D eigenvalue weighted by Crippen LogP contribution is 2.25. The lowest BCUT2D eigenvalue weighted by atomic mass is 9.76. The summed E-state index contributed by atoms with van der Waals surface area (Å²) in [6.45, 7) is 8.83. The lowest BCUT2D eigenvalue weighted by Crippen LogP contribution is -2.03. The smallest absolute Gasteiger partial charge is 0.0699 e. The van der Waals surface area contributed by atoms with Gasteiger partial charge in [-0.1, -0.05) is 69.8 Å². The molecule has 2 radical (unpaired) electrons. The lowest BCUT2D eigenvalue weighted by Gasteiger charge is -2.18. The summed E-state index contributed by atoms with van der Waals surface area (Å²) < 4.78 is 0. The van der Waals surface area contributed by atoms with Crippen molar-refractivity contribution >= 4 is 7.85 Å². The molecule has 16 heavy (non-hydrogen) atoms. The average molecular weight is 220 g/mol. The molecule has 0 spiro atoms. The first kappa shape index (κ1) is 15.8. The van der Waals surface area contributed by atoms with E-state index in [1.165, 1.54) is 37.7 Å². The molecule has 2 atom stereocenters. The molecule has 0 nitrogen and oxygen atoms in total. The summed E-state index contributed by atoms with van der Waals surface area (Å²) in [6, 6.07) is 0. The first-order valence-electron chi connectivity index (χ1n) is 7.00. The Morgan fingerprint density at radius 2 is 1.81 bits per heavy atom. The van der Waals surface area contributed by atoms with Gasteiger partial charge in [0.05, 0.1) is 7.85 Å². The lowest BCUT2D eigenvalue weighted by molar-refractivity contribution is 0.482. The van der Waals surface area contributed by atoms with Crippen molar-refractivity contribution in [2.24, 2.45) is 5.92 Å². The molecule has 1 heteroatoms. The Hall–Kier alpha value is -0.195. The highest BCUT2D eigenvalue weighted by molar-refractivity contribution is 6.11. The fourth-order valence-electron chi connectivity index (χ4n) is 2.13. The molecule has 0 aromatic rings. The molecule has 0 heterocycles. The summed E-state index contributed by atoms with van der Waals surface area (Å²) >= 11 is 0. The van der Waals surface area contributed by atoms with Gasteiger partial charge in [0, 0.05) is 0 Å². The van der Waals surface area contributed by atoms with Gasteiger partial charge in [-0.15, -0.1) is 0 Å². The number of hydrogen-bond acceptors (Lipinski definition) is 0. The Morgan fingerprint density at radius 1 is 1.12 bits per heavy atom. The van der Waals surface area contributed by atoms with E-state index in [0.717, 1.165) is 12.8 Å². The zero-order valence-corrected chi connectivity index (χ0v) is 11.8. The average Bonchev–Trinajstić information content (AvgIpc) is 2.23. The van der Waals surface area contributed by atoms with Crippen LogP contribution >= 0.6 is 0 Å². The van der Waals surface area contributed by atoms with E-state index >= 15 is 0 Å². The van der Waals surface area contributed by atoms with Gasteiger partial charge in [0.25, 0.3) is 0 Å². The number of rotatable bonds is 9. The van der Waals surface area contributed by atoms with Crippen molar-refractivity contribution in [2.75, 3.05) is 0 Å². The maximum atomic E-state index is 6.05. The van der Waals surface area contributed by atoms with Crippen molar-refractivity contribution in [3.63, 3.8) is 0 Å². The molecule has 0 amide bonds. The van der Waals surface area contributed by atoms with E-state index in [1.807, 2.05) is 0 Å². The van der Waals surface area contributed by atoms with Crippen LogP contribution in [0.4, 0.5) is 0 Å². The van der Waals surface area contributed by atoms with Crippen LogP contribution < -0.4 is 0 Å². The Kier molecular flexibility index (Phi) is 9.87. The number of allylic oxidation sites excluding steroid dienone is 2. The fourth-order valence-corrected chi connectivity index (χ4v) is 2.13. The normalized spacial score (nSPS) is 14.5. The molecule has 0 saturated heterocycles. The Labute approximate surface area is 104 Å². The van der Waals surface area contributed by atoms with Crippen LogP contribution in [0.2, 0.25) is 5.82 Å². The van der Waals surface area contributed by atoms with Gasteiger partial charge in [0.2, 0.25) is 0 Å². The molecule has 0 rings (SSSR count). The molecular weight excluding hydrogens is 191 g/mol. The molecule has 0 aromatic carbocycles. The van der Waals surface area contributed by atoms with Gasteiger partial charge in [0.15, 0.2) is 0 Å². The molecule has 2 unspecified atom stereocenters. The molecule has 0 bridgehead atoms. The van der Waals surface area contributed by atoms with Crippen LogP contribution in [0.3, 0.4) is 0 Å². The fraction of sp³-hybridized carbons (Fsp3) is 0.867. The van der Waals surface area contributed by atoms with Crippen LogP contribution in [0.5, 0.6) is 0 Å². The summed E-state index contributed by atoms with van der Waals surface area (Å²) in [5, 5.41) is 0. The minimum atomic E-state index is 0.381. The third-order valence-corrected chi connectivity index (χ3v) is 3.13. The maximum absolute atomic E-state index is 6.05. The zero-order chi connectivity index (χ0) is 12.4. The quantitative estimate of drug-likeness (QED) is 0.281. The molecule has 0 N–H and O–H groups in total. The van der Waals surface area contributed by atoms with Gasteiger partial charge in [-0.05, 0) is 26.2 Å². The molecule has 0 aliphatic carbocycles. The SMILES string of the molecule is [B]C(CC)CC(C=C(C)C)CCCCCC. The Bertz CT molecular complexity index is 180. The van der Waals surface area contributed by atoms with Crippen molar-refractivity contribution in [3.8, 4) is 0 Å². The standard InChI is InChI=1S/C15H29B/c1-5-7-8-9-10-14(11-13(3)4)12-15(16)6-2/h11,14-15H,5-10,12H2,1-4H3. The van der Waals surface area contributed by atoms with Crippen LogP contribution in [0.15, 0.2) is 11.6 Å². The van der Waals surface area contributed by atoms with Crippen molar-refractivity contribution < 1.29 is 0 Å². The van der Waals surface area contributed by atoms with Crippen molar-refractivity contribution in [2.45, 2.75) is 78.5 Å². The molecule has 0 aliphatic heterocycles. The maximum Gasteiger partial charge on any atom is 0.0699 e. The molecular formula is C15H29B. The molecule has 92 valence electrons. The van der Waals surface area contributed by atoms with E-state index in [4.69, 9.17) is 7.85 Å². The second-order valence-corrected chi connectivity index (χ2v) is 5.26. The summed E-state index contributed by atoms with van der Waals surface area (Å²) in [5.74, 6) is 1.09. The van der Waals surface area contributed by atoms with Crippen LogP contribution in [-0.2, 0) is 0 Å². The van der Waals surface area contributed by atoms with Crippen LogP contribution in [0, 0.1) is 5.92 Å². The van der Waals surface area contributed by atoms with Crippen LogP contribution in [-0.4, -0.2) is 7.85 Å². The number of unbranched alkanes of at least 4 members (excludes halogenated alkanes) is 3. The predicted octanol–water partition coefficient (Wildman–Crippen LogP) is 5.30. The van der Waals surface area contributed by atoms with Crippen LogP contribution in [0.25, 0.3) is 0 Å². The molecule has 0 fully saturated rings. The van der Waals surface area contributed by atoms with Gasteiger partial charge < -0.3 is 0 Å². The first-order valence-corrected chi connectivity index (χ1v) is 7.00. The van der Waals surface area contributed by atoms with Gasteiger partial charge >= 0.3 is 0 Å². The minimum Gasteiger partial charge on any atom is -0.0828 e. The third-order valence-electron chi connectivity index (χ3n) is 3.13. The zero-order valence-electron chi connectivity index (χ0n) is 11.8. The van der Waals surface area contributed by atoms with E-state index in [0.29, 0.717) is 11.7 Å². The predicted molar refractivity (Wildman–Crippen MR) is 76.1 cm³/mol. The van der Waals surface area contributed by atoms with Gasteiger partial charge in [-0.2, -0.15) is 0 Å². The first-order chi connectivity index (χ1) is 7.60. The Morgan fingerprint density at radius 3 is 2.31 bits per heavy atom. The second-order valence-electron chi connectivity index (χ2n) is 5.26.